The van der Waals surface area contributed by atoms with Gasteiger partial charge >= 0.3 is 0 Å². The minimum absolute atomic E-state index is 0.184. The minimum atomic E-state index is -0.184. The summed E-state index contributed by atoms with van der Waals surface area (Å²) in [7, 11) is 0. The van der Waals surface area contributed by atoms with Crippen LogP contribution in [0.25, 0.3) is 0 Å². The molecule has 0 spiro atoms. The lowest BCUT2D eigenvalue weighted by molar-refractivity contribution is 0.301. The van der Waals surface area contributed by atoms with Gasteiger partial charge in [0.2, 0.25) is 0 Å². The number of hydrogen-bond acceptors (Lipinski definition) is 3. The van der Waals surface area contributed by atoms with Crippen molar-refractivity contribution in [3.8, 4) is 0 Å². The minimum Gasteiger partial charge on any atom is -0.411 e. The molecule has 0 atom stereocenters. The highest BCUT2D eigenvalue weighted by Gasteiger charge is 2.21. The third-order valence-electron chi connectivity index (χ3n) is 2.56. The standard InChI is InChI=1S/C10H20N2O/c1-10(2,8-11-13)12-9-6-4-3-5-7-9/h8-9,12-13H,3-7H2,1-2H3/b11-8+. The first kappa shape index (κ1) is 10.5. The van der Waals surface area contributed by atoms with Crippen LogP contribution in [0, 0.1) is 0 Å². The second-order valence-corrected chi connectivity index (χ2v) is 4.45. The van der Waals surface area contributed by atoms with E-state index in [-0.39, 0.29) is 5.54 Å². The van der Waals surface area contributed by atoms with Crippen molar-refractivity contribution in [1.29, 1.82) is 0 Å². The first-order valence-corrected chi connectivity index (χ1v) is 5.10. The molecule has 0 unspecified atom stereocenters. The second-order valence-electron chi connectivity index (χ2n) is 4.45. The molecular formula is C10H20N2O. The molecule has 0 radical (unpaired) electrons. The van der Waals surface area contributed by atoms with Crippen molar-refractivity contribution in [3.05, 3.63) is 0 Å². The number of rotatable bonds is 3. The highest BCUT2D eigenvalue weighted by atomic mass is 16.4. The summed E-state index contributed by atoms with van der Waals surface area (Å²) in [5, 5.41) is 15.0. The Labute approximate surface area is 80.2 Å². The first-order valence-electron chi connectivity index (χ1n) is 5.10. The zero-order valence-corrected chi connectivity index (χ0v) is 8.58. The van der Waals surface area contributed by atoms with Gasteiger partial charge in [-0.3, -0.25) is 0 Å². The average molecular weight is 184 g/mol. The maximum atomic E-state index is 8.46. The first-order chi connectivity index (χ1) is 6.14. The molecule has 0 aromatic rings. The molecule has 0 aromatic heterocycles. The van der Waals surface area contributed by atoms with Crippen LogP contribution >= 0.6 is 0 Å². The van der Waals surface area contributed by atoms with Crippen LogP contribution in [0.15, 0.2) is 5.16 Å². The highest BCUT2D eigenvalue weighted by molar-refractivity contribution is 5.68. The van der Waals surface area contributed by atoms with E-state index < -0.39 is 0 Å². The monoisotopic (exact) mass is 184 g/mol. The molecule has 1 aliphatic carbocycles. The maximum Gasteiger partial charge on any atom is 0.0631 e. The third-order valence-corrected chi connectivity index (χ3v) is 2.56. The lowest BCUT2D eigenvalue weighted by Gasteiger charge is -2.30. The van der Waals surface area contributed by atoms with Crippen molar-refractivity contribution < 1.29 is 5.21 Å². The predicted octanol–water partition coefficient (Wildman–Crippen LogP) is 2.15. The topological polar surface area (TPSA) is 44.6 Å². The Morgan fingerprint density at radius 3 is 2.46 bits per heavy atom. The Balaban J connectivity index is 2.36. The van der Waals surface area contributed by atoms with E-state index in [1.807, 2.05) is 13.8 Å². The molecule has 0 aliphatic heterocycles. The normalized spacial score (nSPS) is 21.1. The van der Waals surface area contributed by atoms with Gasteiger partial charge in [0.1, 0.15) is 0 Å². The SMILES string of the molecule is CC(C)(/C=N/O)NC1CCCCC1. The highest BCUT2D eigenvalue weighted by Crippen LogP contribution is 2.19. The van der Waals surface area contributed by atoms with E-state index >= 15 is 0 Å². The molecule has 0 amide bonds. The Bertz CT molecular complexity index is 172. The predicted molar refractivity (Wildman–Crippen MR) is 54.4 cm³/mol. The lowest BCUT2D eigenvalue weighted by atomic mass is 9.93. The van der Waals surface area contributed by atoms with Gasteiger partial charge in [-0.15, -0.1) is 5.16 Å². The van der Waals surface area contributed by atoms with Crippen LogP contribution in [0.4, 0.5) is 0 Å². The van der Waals surface area contributed by atoms with Gasteiger partial charge in [0, 0.05) is 6.04 Å². The van der Waals surface area contributed by atoms with Gasteiger partial charge in [-0.2, -0.15) is 0 Å². The molecule has 0 aromatic carbocycles. The molecule has 76 valence electrons. The zero-order chi connectivity index (χ0) is 9.73. The van der Waals surface area contributed by atoms with E-state index in [0.717, 1.165) is 0 Å². The van der Waals surface area contributed by atoms with Gasteiger partial charge in [-0.25, -0.2) is 0 Å². The fourth-order valence-electron chi connectivity index (χ4n) is 1.95. The third kappa shape index (κ3) is 3.77. The van der Waals surface area contributed by atoms with E-state index in [4.69, 9.17) is 5.21 Å². The molecule has 3 nitrogen and oxygen atoms in total. The molecule has 0 heterocycles. The second kappa shape index (κ2) is 4.61. The van der Waals surface area contributed by atoms with E-state index in [0.29, 0.717) is 6.04 Å². The Morgan fingerprint density at radius 2 is 1.92 bits per heavy atom. The molecule has 0 saturated heterocycles. The van der Waals surface area contributed by atoms with Crippen LogP contribution < -0.4 is 5.32 Å². The average Bonchev–Trinajstić information content (AvgIpc) is 2.04. The van der Waals surface area contributed by atoms with Crippen molar-refractivity contribution in [1.82, 2.24) is 5.32 Å². The van der Waals surface area contributed by atoms with Gasteiger partial charge in [0.25, 0.3) is 0 Å². The van der Waals surface area contributed by atoms with Crippen molar-refractivity contribution in [2.24, 2.45) is 5.16 Å². The number of nitrogens with zero attached hydrogens (tertiary/aromatic N) is 1. The Kier molecular flexibility index (Phi) is 3.72. The Morgan fingerprint density at radius 1 is 1.31 bits per heavy atom. The van der Waals surface area contributed by atoms with E-state index in [1.165, 1.54) is 32.1 Å². The van der Waals surface area contributed by atoms with E-state index in [1.54, 1.807) is 6.21 Å². The quantitative estimate of drug-likeness (QED) is 0.401. The summed E-state index contributed by atoms with van der Waals surface area (Å²) in [6, 6.07) is 0.599. The summed E-state index contributed by atoms with van der Waals surface area (Å²) < 4.78 is 0. The molecule has 3 heteroatoms. The Hall–Kier alpha value is -0.570. The van der Waals surface area contributed by atoms with E-state index in [2.05, 4.69) is 10.5 Å². The largest absolute Gasteiger partial charge is 0.411 e. The fourth-order valence-corrected chi connectivity index (χ4v) is 1.95. The smallest absolute Gasteiger partial charge is 0.0631 e. The van der Waals surface area contributed by atoms with Crippen molar-refractivity contribution in [2.45, 2.75) is 57.5 Å². The van der Waals surface area contributed by atoms with Crippen LogP contribution in [0.1, 0.15) is 46.0 Å². The van der Waals surface area contributed by atoms with Crippen LogP contribution in [-0.2, 0) is 0 Å². The van der Waals surface area contributed by atoms with Gasteiger partial charge in [0.15, 0.2) is 0 Å². The van der Waals surface area contributed by atoms with Crippen LogP contribution in [0.2, 0.25) is 0 Å². The van der Waals surface area contributed by atoms with Gasteiger partial charge in [-0.1, -0.05) is 19.3 Å². The maximum absolute atomic E-state index is 8.46. The summed E-state index contributed by atoms with van der Waals surface area (Å²) in [5.41, 5.74) is -0.184. The van der Waals surface area contributed by atoms with Gasteiger partial charge in [-0.05, 0) is 26.7 Å². The fraction of sp³-hybridized carbons (Fsp3) is 0.900. The number of hydrogen-bond donors (Lipinski definition) is 2. The summed E-state index contributed by atoms with van der Waals surface area (Å²) in [6.07, 6.45) is 8.08. The lowest BCUT2D eigenvalue weighted by Crippen LogP contribution is -2.47. The van der Waals surface area contributed by atoms with Crippen LogP contribution in [0.5, 0.6) is 0 Å². The molecular weight excluding hydrogens is 164 g/mol. The zero-order valence-electron chi connectivity index (χ0n) is 8.58. The summed E-state index contributed by atoms with van der Waals surface area (Å²) in [4.78, 5) is 0. The molecule has 1 fully saturated rings. The van der Waals surface area contributed by atoms with Crippen LogP contribution in [-0.4, -0.2) is 23.0 Å². The molecule has 2 N–H and O–H groups in total. The van der Waals surface area contributed by atoms with Crippen LogP contribution in [0.3, 0.4) is 0 Å². The summed E-state index contributed by atoms with van der Waals surface area (Å²) >= 11 is 0. The number of nitrogens with one attached hydrogen (secondary N) is 1. The molecule has 1 rings (SSSR count). The van der Waals surface area contributed by atoms with Gasteiger partial charge < -0.3 is 10.5 Å². The van der Waals surface area contributed by atoms with Crippen molar-refractivity contribution in [3.63, 3.8) is 0 Å². The summed E-state index contributed by atoms with van der Waals surface area (Å²) in [5.74, 6) is 0. The van der Waals surface area contributed by atoms with E-state index in [9.17, 15) is 0 Å². The van der Waals surface area contributed by atoms with Crippen molar-refractivity contribution >= 4 is 6.21 Å². The van der Waals surface area contributed by atoms with Gasteiger partial charge in [0.05, 0.1) is 11.8 Å². The molecule has 0 bridgehead atoms. The van der Waals surface area contributed by atoms with Crippen molar-refractivity contribution in [2.75, 3.05) is 0 Å². The molecule has 13 heavy (non-hydrogen) atoms. The molecule has 1 saturated carbocycles. The summed E-state index contributed by atoms with van der Waals surface area (Å²) in [6.45, 7) is 4.06. The molecule has 1 aliphatic rings. The number of oxime groups is 1.